The van der Waals surface area contributed by atoms with Crippen LogP contribution >= 0.6 is 0 Å². The van der Waals surface area contributed by atoms with E-state index in [2.05, 4.69) is 11.6 Å². The van der Waals surface area contributed by atoms with E-state index < -0.39 is 15.8 Å². The fourth-order valence-corrected chi connectivity index (χ4v) is 4.27. The highest BCUT2D eigenvalue weighted by molar-refractivity contribution is 7.89. The summed E-state index contributed by atoms with van der Waals surface area (Å²) >= 11 is 0. The third kappa shape index (κ3) is 3.74. The van der Waals surface area contributed by atoms with Gasteiger partial charge in [0.2, 0.25) is 10.0 Å². The molecule has 0 radical (unpaired) electrons. The molecule has 2 rings (SSSR count). The minimum absolute atomic E-state index is 0.0445. The summed E-state index contributed by atoms with van der Waals surface area (Å²) in [7, 11) is -3.88. The Bertz CT molecular complexity index is 623. The zero-order valence-electron chi connectivity index (χ0n) is 12.6. The number of aryl methyl sites for hydroxylation is 1. The molecule has 0 amide bonds. The second kappa shape index (κ2) is 5.93. The van der Waals surface area contributed by atoms with Crippen LogP contribution in [-0.4, -0.2) is 15.0 Å². The van der Waals surface area contributed by atoms with Gasteiger partial charge in [0.15, 0.2) is 0 Å². The van der Waals surface area contributed by atoms with Crippen molar-refractivity contribution in [2.75, 3.05) is 12.3 Å². The second-order valence-electron chi connectivity index (χ2n) is 6.35. The smallest absolute Gasteiger partial charge is 0.243 e. The molecular weight excluding hydrogens is 291 g/mol. The Hall–Kier alpha value is -1.14. The minimum Gasteiger partial charge on any atom is -0.399 e. The van der Waals surface area contributed by atoms with Crippen LogP contribution in [0, 0.1) is 18.2 Å². The predicted octanol–water partition coefficient (Wildman–Crippen LogP) is 2.97. The van der Waals surface area contributed by atoms with Crippen molar-refractivity contribution in [2.45, 2.75) is 50.8 Å². The van der Waals surface area contributed by atoms with E-state index in [4.69, 9.17) is 5.73 Å². The normalized spacial score (nSPS) is 18.6. The zero-order valence-corrected chi connectivity index (χ0v) is 13.4. The average Bonchev–Trinajstić information content (AvgIpc) is 2.42. The van der Waals surface area contributed by atoms with Gasteiger partial charge in [-0.2, -0.15) is 0 Å². The van der Waals surface area contributed by atoms with Crippen LogP contribution in [0.3, 0.4) is 0 Å². The van der Waals surface area contributed by atoms with Gasteiger partial charge >= 0.3 is 0 Å². The van der Waals surface area contributed by atoms with Gasteiger partial charge in [-0.05, 0) is 42.9 Å². The summed E-state index contributed by atoms with van der Waals surface area (Å²) in [6, 6.07) is 2.60. The van der Waals surface area contributed by atoms with Crippen LogP contribution in [0.1, 0.15) is 44.6 Å². The molecule has 0 spiro atoms. The third-order valence-electron chi connectivity index (χ3n) is 4.28. The number of nitrogens with two attached hydrogens (primary N) is 1. The van der Waals surface area contributed by atoms with Crippen molar-refractivity contribution in [3.05, 3.63) is 23.5 Å². The molecule has 1 aromatic rings. The number of sulfonamides is 1. The fourth-order valence-electron chi connectivity index (χ4n) is 2.89. The molecule has 0 aliphatic heterocycles. The summed E-state index contributed by atoms with van der Waals surface area (Å²) in [5, 5.41) is 0. The molecule has 4 nitrogen and oxygen atoms in total. The van der Waals surface area contributed by atoms with Crippen LogP contribution < -0.4 is 10.5 Å². The van der Waals surface area contributed by atoms with Gasteiger partial charge in [0.05, 0.1) is 0 Å². The standard InChI is InChI=1S/C15H23FN2O2S/c1-11-8-12(17)9-13(14(11)16)21(19,20)18-10-15(2)6-4-3-5-7-15/h8-9,18H,3-7,10,17H2,1-2H3. The van der Waals surface area contributed by atoms with Crippen LogP contribution in [0.25, 0.3) is 0 Å². The molecule has 1 saturated carbocycles. The van der Waals surface area contributed by atoms with Gasteiger partial charge in [0.25, 0.3) is 0 Å². The van der Waals surface area contributed by atoms with E-state index in [-0.39, 0.29) is 21.6 Å². The Balaban J connectivity index is 2.19. The highest BCUT2D eigenvalue weighted by Crippen LogP contribution is 2.35. The van der Waals surface area contributed by atoms with Crippen molar-refractivity contribution < 1.29 is 12.8 Å². The molecule has 118 valence electrons. The maximum Gasteiger partial charge on any atom is 0.243 e. The number of anilines is 1. The molecule has 0 bridgehead atoms. The molecule has 1 aromatic carbocycles. The summed E-state index contributed by atoms with van der Waals surface area (Å²) < 4.78 is 41.3. The molecule has 0 atom stereocenters. The van der Waals surface area contributed by atoms with Crippen LogP contribution in [0.15, 0.2) is 17.0 Å². The van der Waals surface area contributed by atoms with E-state index >= 15 is 0 Å². The van der Waals surface area contributed by atoms with Crippen LogP contribution in [0.2, 0.25) is 0 Å². The highest BCUT2D eigenvalue weighted by atomic mass is 32.2. The third-order valence-corrected chi connectivity index (χ3v) is 5.68. The van der Waals surface area contributed by atoms with E-state index in [1.165, 1.54) is 25.5 Å². The molecular formula is C15H23FN2O2S. The van der Waals surface area contributed by atoms with Gasteiger partial charge in [-0.3, -0.25) is 0 Å². The molecule has 3 N–H and O–H groups in total. The maximum atomic E-state index is 14.1. The van der Waals surface area contributed by atoms with Gasteiger partial charge in [-0.15, -0.1) is 0 Å². The summed E-state index contributed by atoms with van der Waals surface area (Å²) in [5.41, 5.74) is 6.07. The second-order valence-corrected chi connectivity index (χ2v) is 8.08. The monoisotopic (exact) mass is 314 g/mol. The number of nitrogens with one attached hydrogen (secondary N) is 1. The Kier molecular flexibility index (Phi) is 4.58. The Morgan fingerprint density at radius 3 is 2.52 bits per heavy atom. The highest BCUT2D eigenvalue weighted by Gasteiger charge is 2.30. The number of hydrogen-bond donors (Lipinski definition) is 2. The zero-order chi connectivity index (χ0) is 15.7. The Labute approximate surface area is 126 Å². The lowest BCUT2D eigenvalue weighted by molar-refractivity contribution is 0.219. The number of halogens is 1. The molecule has 0 aromatic heterocycles. The molecule has 6 heteroatoms. The van der Waals surface area contributed by atoms with Crippen molar-refractivity contribution in [1.82, 2.24) is 4.72 Å². The molecule has 0 saturated heterocycles. The lowest BCUT2D eigenvalue weighted by Gasteiger charge is -2.33. The van der Waals surface area contributed by atoms with Gasteiger partial charge in [0.1, 0.15) is 10.7 Å². The molecule has 1 aliphatic carbocycles. The van der Waals surface area contributed by atoms with Crippen molar-refractivity contribution in [3.8, 4) is 0 Å². The lowest BCUT2D eigenvalue weighted by atomic mass is 9.76. The number of hydrogen-bond acceptors (Lipinski definition) is 3. The summed E-state index contributed by atoms with van der Waals surface area (Å²) in [4.78, 5) is -0.362. The van der Waals surface area contributed by atoms with Crippen molar-refractivity contribution in [3.63, 3.8) is 0 Å². The summed E-state index contributed by atoms with van der Waals surface area (Å²) in [6.45, 7) is 3.92. The van der Waals surface area contributed by atoms with Crippen molar-refractivity contribution in [1.29, 1.82) is 0 Å². The van der Waals surface area contributed by atoms with E-state index in [1.807, 2.05) is 0 Å². The first-order valence-electron chi connectivity index (χ1n) is 7.29. The predicted molar refractivity (Wildman–Crippen MR) is 81.9 cm³/mol. The first-order valence-corrected chi connectivity index (χ1v) is 8.77. The maximum absolute atomic E-state index is 14.1. The van der Waals surface area contributed by atoms with Gasteiger partial charge in [-0.25, -0.2) is 17.5 Å². The first kappa shape index (κ1) is 16.2. The van der Waals surface area contributed by atoms with E-state index in [0.717, 1.165) is 25.7 Å². The van der Waals surface area contributed by atoms with E-state index in [0.29, 0.717) is 6.54 Å². The first-order chi connectivity index (χ1) is 9.73. The molecule has 1 fully saturated rings. The van der Waals surface area contributed by atoms with Crippen molar-refractivity contribution in [2.24, 2.45) is 5.41 Å². The van der Waals surface area contributed by atoms with Gasteiger partial charge in [-0.1, -0.05) is 26.2 Å². The van der Waals surface area contributed by atoms with Gasteiger partial charge < -0.3 is 5.73 Å². The Morgan fingerprint density at radius 2 is 1.90 bits per heavy atom. The van der Waals surface area contributed by atoms with Crippen LogP contribution in [0.5, 0.6) is 0 Å². The number of rotatable bonds is 4. The summed E-state index contributed by atoms with van der Waals surface area (Å²) in [5.74, 6) is -0.731. The largest absolute Gasteiger partial charge is 0.399 e. The molecule has 0 heterocycles. The SMILES string of the molecule is Cc1cc(N)cc(S(=O)(=O)NCC2(C)CCCCC2)c1F. The quantitative estimate of drug-likeness (QED) is 0.839. The minimum atomic E-state index is -3.88. The molecule has 0 unspecified atom stereocenters. The number of nitrogen functional groups attached to an aromatic ring is 1. The topological polar surface area (TPSA) is 72.2 Å². The number of benzene rings is 1. The van der Waals surface area contributed by atoms with Crippen LogP contribution in [-0.2, 0) is 10.0 Å². The average molecular weight is 314 g/mol. The Morgan fingerprint density at radius 1 is 1.29 bits per heavy atom. The van der Waals surface area contributed by atoms with E-state index in [1.54, 1.807) is 0 Å². The van der Waals surface area contributed by atoms with Gasteiger partial charge in [0, 0.05) is 12.2 Å². The summed E-state index contributed by atoms with van der Waals surface area (Å²) in [6.07, 6.45) is 5.42. The van der Waals surface area contributed by atoms with E-state index in [9.17, 15) is 12.8 Å². The molecule has 21 heavy (non-hydrogen) atoms. The van der Waals surface area contributed by atoms with Crippen molar-refractivity contribution >= 4 is 15.7 Å². The lowest BCUT2D eigenvalue weighted by Crippen LogP contribution is -2.37. The molecule has 1 aliphatic rings. The van der Waals surface area contributed by atoms with Crippen LogP contribution in [0.4, 0.5) is 10.1 Å². The fraction of sp³-hybridized carbons (Fsp3) is 0.600.